The van der Waals surface area contributed by atoms with Crippen molar-refractivity contribution in [1.82, 2.24) is 0 Å². The molecule has 1 heterocycles. The number of anilines is 2. The maximum Gasteiger partial charge on any atom is 0.224 e. The van der Waals surface area contributed by atoms with Gasteiger partial charge in [-0.3, -0.25) is 4.79 Å². The average Bonchev–Trinajstić information content (AvgIpc) is 2.50. The van der Waals surface area contributed by atoms with E-state index in [0.717, 1.165) is 37.4 Å². The van der Waals surface area contributed by atoms with Crippen LogP contribution in [0.2, 0.25) is 0 Å². The number of hydrogen-bond acceptors (Lipinski definition) is 3. The molecule has 1 amide bonds. The van der Waals surface area contributed by atoms with Gasteiger partial charge >= 0.3 is 0 Å². The van der Waals surface area contributed by atoms with Crippen molar-refractivity contribution in [1.29, 1.82) is 0 Å². The summed E-state index contributed by atoms with van der Waals surface area (Å²) in [6.07, 6.45) is 2.66. The SMILES string of the molecule is CC(C)C(C)CC(=O)Nc1ccc(NC2CCOCC2)cc1. The molecule has 1 aliphatic heterocycles. The van der Waals surface area contributed by atoms with Gasteiger partial charge in [0.05, 0.1) is 0 Å². The molecule has 0 saturated carbocycles. The Balaban J connectivity index is 1.82. The number of nitrogens with one attached hydrogen (secondary N) is 2. The van der Waals surface area contributed by atoms with Crippen molar-refractivity contribution in [3.63, 3.8) is 0 Å². The van der Waals surface area contributed by atoms with Gasteiger partial charge in [-0.1, -0.05) is 20.8 Å². The summed E-state index contributed by atoms with van der Waals surface area (Å²) in [4.78, 5) is 12.0. The summed E-state index contributed by atoms with van der Waals surface area (Å²) >= 11 is 0. The molecule has 1 unspecified atom stereocenters. The lowest BCUT2D eigenvalue weighted by Crippen LogP contribution is -2.27. The van der Waals surface area contributed by atoms with Gasteiger partial charge in [-0.2, -0.15) is 0 Å². The van der Waals surface area contributed by atoms with Crippen LogP contribution in [0.4, 0.5) is 11.4 Å². The molecule has 4 heteroatoms. The van der Waals surface area contributed by atoms with E-state index >= 15 is 0 Å². The Morgan fingerprint density at radius 1 is 1.14 bits per heavy atom. The van der Waals surface area contributed by atoms with Crippen LogP contribution < -0.4 is 10.6 Å². The first-order valence-electron chi connectivity index (χ1n) is 8.29. The summed E-state index contributed by atoms with van der Waals surface area (Å²) in [7, 11) is 0. The predicted octanol–water partition coefficient (Wildman–Crippen LogP) is 3.90. The van der Waals surface area contributed by atoms with E-state index in [9.17, 15) is 4.79 Å². The Morgan fingerprint density at radius 2 is 1.73 bits per heavy atom. The van der Waals surface area contributed by atoms with Gasteiger partial charge in [0.15, 0.2) is 0 Å². The third kappa shape index (κ3) is 5.34. The lowest BCUT2D eigenvalue weighted by atomic mass is 9.94. The fraction of sp³-hybridized carbons (Fsp3) is 0.611. The number of amides is 1. The Labute approximate surface area is 133 Å². The van der Waals surface area contributed by atoms with Crippen LogP contribution in [-0.2, 0) is 9.53 Å². The van der Waals surface area contributed by atoms with E-state index in [4.69, 9.17) is 4.74 Å². The zero-order chi connectivity index (χ0) is 15.9. The van der Waals surface area contributed by atoms with Crippen LogP contribution in [-0.4, -0.2) is 25.2 Å². The smallest absolute Gasteiger partial charge is 0.224 e. The second kappa shape index (κ2) is 8.18. The van der Waals surface area contributed by atoms with E-state index < -0.39 is 0 Å². The highest BCUT2D eigenvalue weighted by Gasteiger charge is 2.14. The molecule has 2 N–H and O–H groups in total. The molecule has 2 rings (SSSR count). The summed E-state index contributed by atoms with van der Waals surface area (Å²) in [5.41, 5.74) is 1.96. The molecule has 0 aromatic heterocycles. The zero-order valence-electron chi connectivity index (χ0n) is 13.9. The van der Waals surface area contributed by atoms with Crippen LogP contribution in [0.1, 0.15) is 40.0 Å². The lowest BCUT2D eigenvalue weighted by Gasteiger charge is -2.24. The van der Waals surface area contributed by atoms with Crippen LogP contribution in [0.15, 0.2) is 24.3 Å². The summed E-state index contributed by atoms with van der Waals surface area (Å²) in [6, 6.07) is 8.45. The number of rotatable bonds is 6. The molecule has 122 valence electrons. The predicted molar refractivity (Wildman–Crippen MR) is 91.2 cm³/mol. The highest BCUT2D eigenvalue weighted by molar-refractivity contribution is 5.91. The number of hydrogen-bond donors (Lipinski definition) is 2. The molecule has 0 bridgehead atoms. The second-order valence-electron chi connectivity index (χ2n) is 6.58. The van der Waals surface area contributed by atoms with E-state index in [1.807, 2.05) is 24.3 Å². The molecule has 1 atom stereocenters. The summed E-state index contributed by atoms with van der Waals surface area (Å²) < 4.78 is 5.36. The topological polar surface area (TPSA) is 50.4 Å². The van der Waals surface area contributed by atoms with Crippen LogP contribution in [0.25, 0.3) is 0 Å². The summed E-state index contributed by atoms with van der Waals surface area (Å²) in [6.45, 7) is 8.08. The minimum Gasteiger partial charge on any atom is -0.382 e. The van der Waals surface area contributed by atoms with Gasteiger partial charge in [-0.05, 0) is 48.9 Å². The van der Waals surface area contributed by atoms with Crippen molar-refractivity contribution >= 4 is 17.3 Å². The second-order valence-corrected chi connectivity index (χ2v) is 6.58. The zero-order valence-corrected chi connectivity index (χ0v) is 13.9. The maximum absolute atomic E-state index is 12.0. The van der Waals surface area contributed by atoms with Crippen LogP contribution in [0.3, 0.4) is 0 Å². The van der Waals surface area contributed by atoms with Crippen LogP contribution >= 0.6 is 0 Å². The normalized spacial score (nSPS) is 17.3. The number of carbonyl (C=O) groups excluding carboxylic acids is 1. The molecule has 0 aliphatic carbocycles. The number of carbonyl (C=O) groups is 1. The van der Waals surface area contributed by atoms with E-state index in [2.05, 4.69) is 31.4 Å². The fourth-order valence-corrected chi connectivity index (χ4v) is 2.47. The minimum absolute atomic E-state index is 0.0892. The lowest BCUT2D eigenvalue weighted by molar-refractivity contribution is -0.117. The Kier molecular flexibility index (Phi) is 6.25. The molecule has 22 heavy (non-hydrogen) atoms. The van der Waals surface area contributed by atoms with Gasteiger partial charge in [-0.15, -0.1) is 0 Å². The first-order chi connectivity index (χ1) is 10.5. The largest absolute Gasteiger partial charge is 0.382 e. The Morgan fingerprint density at radius 3 is 2.32 bits per heavy atom. The third-order valence-electron chi connectivity index (χ3n) is 4.41. The fourth-order valence-electron chi connectivity index (χ4n) is 2.47. The molecule has 0 spiro atoms. The van der Waals surface area contributed by atoms with E-state index in [-0.39, 0.29) is 5.91 Å². The van der Waals surface area contributed by atoms with E-state index in [1.54, 1.807) is 0 Å². The van der Waals surface area contributed by atoms with Gasteiger partial charge in [0, 0.05) is 37.1 Å². The van der Waals surface area contributed by atoms with Gasteiger partial charge in [-0.25, -0.2) is 0 Å². The summed E-state index contributed by atoms with van der Waals surface area (Å²) in [5, 5.41) is 6.49. The monoisotopic (exact) mass is 304 g/mol. The number of ether oxygens (including phenoxy) is 1. The first kappa shape index (κ1) is 16.8. The molecular weight excluding hydrogens is 276 g/mol. The standard InChI is InChI=1S/C18H28N2O2/c1-13(2)14(3)12-18(21)20-16-6-4-15(5-7-16)19-17-8-10-22-11-9-17/h4-7,13-14,17,19H,8-12H2,1-3H3,(H,20,21). The average molecular weight is 304 g/mol. The van der Waals surface area contributed by atoms with Gasteiger partial charge in [0.1, 0.15) is 0 Å². The highest BCUT2D eigenvalue weighted by Crippen LogP contribution is 2.19. The minimum atomic E-state index is 0.0892. The molecule has 1 aromatic rings. The van der Waals surface area contributed by atoms with Gasteiger partial charge in [0.25, 0.3) is 0 Å². The van der Waals surface area contributed by atoms with Crippen molar-refractivity contribution in [2.45, 2.75) is 46.1 Å². The van der Waals surface area contributed by atoms with Crippen molar-refractivity contribution in [3.05, 3.63) is 24.3 Å². The van der Waals surface area contributed by atoms with E-state index in [0.29, 0.717) is 24.3 Å². The molecule has 0 radical (unpaired) electrons. The quantitative estimate of drug-likeness (QED) is 0.838. The summed E-state index contributed by atoms with van der Waals surface area (Å²) in [5.74, 6) is 1.01. The molecule has 1 aromatic carbocycles. The van der Waals surface area contributed by atoms with Crippen molar-refractivity contribution < 1.29 is 9.53 Å². The van der Waals surface area contributed by atoms with Gasteiger partial charge in [0.2, 0.25) is 5.91 Å². The van der Waals surface area contributed by atoms with Crippen molar-refractivity contribution in [2.75, 3.05) is 23.8 Å². The van der Waals surface area contributed by atoms with Crippen LogP contribution in [0, 0.1) is 11.8 Å². The van der Waals surface area contributed by atoms with Crippen molar-refractivity contribution in [2.24, 2.45) is 11.8 Å². The Hall–Kier alpha value is -1.55. The molecule has 1 fully saturated rings. The third-order valence-corrected chi connectivity index (χ3v) is 4.41. The van der Waals surface area contributed by atoms with Crippen molar-refractivity contribution in [3.8, 4) is 0 Å². The molecule has 4 nitrogen and oxygen atoms in total. The first-order valence-corrected chi connectivity index (χ1v) is 8.29. The molecular formula is C18H28N2O2. The van der Waals surface area contributed by atoms with E-state index in [1.165, 1.54) is 0 Å². The molecule has 1 saturated heterocycles. The molecule has 1 aliphatic rings. The van der Waals surface area contributed by atoms with Gasteiger partial charge < -0.3 is 15.4 Å². The maximum atomic E-state index is 12.0. The van der Waals surface area contributed by atoms with Crippen LogP contribution in [0.5, 0.6) is 0 Å². The number of benzene rings is 1. The Bertz CT molecular complexity index is 464. The highest BCUT2D eigenvalue weighted by atomic mass is 16.5.